The highest BCUT2D eigenvalue weighted by Crippen LogP contribution is 2.25. The second-order valence-electron chi connectivity index (χ2n) is 6.49. The predicted molar refractivity (Wildman–Crippen MR) is 97.4 cm³/mol. The van der Waals surface area contributed by atoms with Crippen molar-refractivity contribution in [3.8, 4) is 5.75 Å². The Hall–Kier alpha value is -1.99. The third-order valence-electron chi connectivity index (χ3n) is 4.72. The van der Waals surface area contributed by atoms with Crippen LogP contribution in [0.2, 0.25) is 0 Å². The van der Waals surface area contributed by atoms with Crippen LogP contribution in [0.15, 0.2) is 35.7 Å². The SMILES string of the molecule is CC(C(=O)N1CCc2sccc2C1)N(C)Cc1ccc(OC(F)F)cc1. The lowest BCUT2D eigenvalue weighted by Crippen LogP contribution is -2.46. The van der Waals surface area contributed by atoms with Crippen molar-refractivity contribution in [2.75, 3.05) is 13.6 Å². The number of likely N-dealkylation sites (N-methyl/N-ethyl adjacent to an activating group) is 1. The molecule has 0 bridgehead atoms. The van der Waals surface area contributed by atoms with Gasteiger partial charge in [-0.2, -0.15) is 8.78 Å². The highest BCUT2D eigenvalue weighted by molar-refractivity contribution is 7.10. The van der Waals surface area contributed by atoms with Gasteiger partial charge in [-0.3, -0.25) is 9.69 Å². The van der Waals surface area contributed by atoms with Gasteiger partial charge in [-0.25, -0.2) is 0 Å². The van der Waals surface area contributed by atoms with E-state index < -0.39 is 6.61 Å². The highest BCUT2D eigenvalue weighted by Gasteiger charge is 2.27. The predicted octanol–water partition coefficient (Wildman–Crippen LogP) is 3.75. The van der Waals surface area contributed by atoms with Crippen LogP contribution in [0.3, 0.4) is 0 Å². The zero-order valence-corrected chi connectivity index (χ0v) is 15.6. The summed E-state index contributed by atoms with van der Waals surface area (Å²) in [5, 5.41) is 2.08. The summed E-state index contributed by atoms with van der Waals surface area (Å²) in [6.07, 6.45) is 0.917. The fourth-order valence-corrected chi connectivity index (χ4v) is 3.98. The molecule has 140 valence electrons. The Morgan fingerprint density at radius 1 is 1.31 bits per heavy atom. The Morgan fingerprint density at radius 2 is 2.04 bits per heavy atom. The van der Waals surface area contributed by atoms with Crippen molar-refractivity contribution in [2.45, 2.75) is 39.1 Å². The van der Waals surface area contributed by atoms with Crippen LogP contribution < -0.4 is 4.74 Å². The summed E-state index contributed by atoms with van der Waals surface area (Å²) < 4.78 is 28.8. The molecule has 1 atom stereocenters. The normalized spacial score (nSPS) is 15.2. The average Bonchev–Trinajstić information content (AvgIpc) is 3.09. The molecule has 0 N–H and O–H groups in total. The van der Waals surface area contributed by atoms with Crippen LogP contribution in [0.25, 0.3) is 0 Å². The van der Waals surface area contributed by atoms with Gasteiger partial charge in [0.05, 0.1) is 6.04 Å². The molecule has 0 saturated heterocycles. The van der Waals surface area contributed by atoms with Crippen LogP contribution in [-0.2, 0) is 24.3 Å². The van der Waals surface area contributed by atoms with Gasteiger partial charge >= 0.3 is 6.61 Å². The Labute approximate surface area is 156 Å². The van der Waals surface area contributed by atoms with Crippen LogP contribution in [0.5, 0.6) is 5.75 Å². The van der Waals surface area contributed by atoms with E-state index in [1.165, 1.54) is 22.6 Å². The number of amides is 1. The Kier molecular flexibility index (Phi) is 5.88. The van der Waals surface area contributed by atoms with Crippen molar-refractivity contribution in [2.24, 2.45) is 0 Å². The number of benzene rings is 1. The number of hydrogen-bond donors (Lipinski definition) is 0. The van der Waals surface area contributed by atoms with Crippen LogP contribution in [0, 0.1) is 0 Å². The molecule has 2 aromatic rings. The van der Waals surface area contributed by atoms with Crippen molar-refractivity contribution >= 4 is 17.2 Å². The molecular weight excluding hydrogens is 358 g/mol. The topological polar surface area (TPSA) is 32.8 Å². The van der Waals surface area contributed by atoms with E-state index in [0.29, 0.717) is 13.1 Å². The number of hydrogen-bond acceptors (Lipinski definition) is 4. The van der Waals surface area contributed by atoms with Crippen molar-refractivity contribution in [3.63, 3.8) is 0 Å². The fourth-order valence-electron chi connectivity index (χ4n) is 3.09. The van der Waals surface area contributed by atoms with Gasteiger partial charge in [0, 0.05) is 24.5 Å². The largest absolute Gasteiger partial charge is 0.435 e. The molecule has 7 heteroatoms. The molecule has 0 saturated carbocycles. The van der Waals surface area contributed by atoms with Gasteiger partial charge in [-0.1, -0.05) is 12.1 Å². The summed E-state index contributed by atoms with van der Waals surface area (Å²) in [5.41, 5.74) is 2.19. The second-order valence-corrected chi connectivity index (χ2v) is 7.49. The lowest BCUT2D eigenvalue weighted by molar-refractivity contribution is -0.137. The minimum absolute atomic E-state index is 0.113. The molecule has 0 aliphatic carbocycles. The first-order valence-electron chi connectivity index (χ1n) is 8.52. The summed E-state index contributed by atoms with van der Waals surface area (Å²) in [5.74, 6) is 0.248. The van der Waals surface area contributed by atoms with Crippen LogP contribution in [-0.4, -0.2) is 42.0 Å². The number of ether oxygens (including phenoxy) is 1. The van der Waals surface area contributed by atoms with Crippen molar-refractivity contribution < 1.29 is 18.3 Å². The summed E-state index contributed by atoms with van der Waals surface area (Å²) in [6.45, 7) is 1.06. The van der Waals surface area contributed by atoms with E-state index >= 15 is 0 Å². The molecule has 1 aliphatic rings. The number of carbonyl (C=O) groups excluding carboxylic acids is 1. The van der Waals surface area contributed by atoms with Crippen LogP contribution >= 0.6 is 11.3 Å². The minimum atomic E-state index is -2.82. The Balaban J connectivity index is 1.57. The monoisotopic (exact) mass is 380 g/mol. The van der Waals surface area contributed by atoms with Gasteiger partial charge in [-0.15, -0.1) is 11.3 Å². The molecule has 1 aromatic carbocycles. The van der Waals surface area contributed by atoms with Gasteiger partial charge in [0.15, 0.2) is 0 Å². The number of nitrogens with zero attached hydrogens (tertiary/aromatic N) is 2. The molecular formula is C19H22F2N2O2S. The first-order chi connectivity index (χ1) is 12.4. The average molecular weight is 380 g/mol. The maximum Gasteiger partial charge on any atom is 0.387 e. The molecule has 4 nitrogen and oxygen atoms in total. The first-order valence-corrected chi connectivity index (χ1v) is 9.40. The van der Waals surface area contributed by atoms with Gasteiger partial charge in [-0.05, 0) is 55.1 Å². The van der Waals surface area contributed by atoms with E-state index in [1.54, 1.807) is 23.5 Å². The molecule has 1 aromatic heterocycles. The molecule has 26 heavy (non-hydrogen) atoms. The van der Waals surface area contributed by atoms with Gasteiger partial charge in [0.2, 0.25) is 5.91 Å². The lowest BCUT2D eigenvalue weighted by Gasteiger charge is -2.33. The standard InChI is InChI=1S/C19H22F2N2O2S/c1-13(18(24)23-9-7-17-15(12-23)8-10-26-17)22(2)11-14-3-5-16(6-4-14)25-19(20)21/h3-6,8,10,13,19H,7,9,11-12H2,1-2H3. The van der Waals surface area contributed by atoms with Gasteiger partial charge in [0.25, 0.3) is 0 Å². The zero-order valence-electron chi connectivity index (χ0n) is 14.8. The van der Waals surface area contributed by atoms with E-state index in [4.69, 9.17) is 0 Å². The molecule has 2 heterocycles. The summed E-state index contributed by atoms with van der Waals surface area (Å²) >= 11 is 1.75. The number of thiophene rings is 1. The quantitative estimate of drug-likeness (QED) is 0.765. The van der Waals surface area contributed by atoms with Crippen molar-refractivity contribution in [1.29, 1.82) is 0 Å². The number of carbonyl (C=O) groups is 1. The summed E-state index contributed by atoms with van der Waals surface area (Å²) in [6, 6.07) is 8.35. The smallest absolute Gasteiger partial charge is 0.387 e. The summed E-state index contributed by atoms with van der Waals surface area (Å²) in [7, 11) is 1.89. The van der Waals surface area contributed by atoms with E-state index in [0.717, 1.165) is 18.5 Å². The minimum Gasteiger partial charge on any atom is -0.435 e. The van der Waals surface area contributed by atoms with Gasteiger partial charge in [0.1, 0.15) is 5.75 Å². The lowest BCUT2D eigenvalue weighted by atomic mass is 10.1. The summed E-state index contributed by atoms with van der Waals surface area (Å²) in [4.78, 5) is 18.1. The number of fused-ring (bicyclic) bond motifs is 1. The van der Waals surface area contributed by atoms with E-state index in [9.17, 15) is 13.6 Å². The number of halogens is 2. The number of rotatable bonds is 6. The third kappa shape index (κ3) is 4.40. The first kappa shape index (κ1) is 18.8. The van der Waals surface area contributed by atoms with Gasteiger partial charge < -0.3 is 9.64 Å². The maximum atomic E-state index is 12.8. The van der Waals surface area contributed by atoms with Crippen molar-refractivity contribution in [1.82, 2.24) is 9.80 Å². The van der Waals surface area contributed by atoms with Crippen LogP contribution in [0.1, 0.15) is 22.9 Å². The molecule has 0 radical (unpaired) electrons. The third-order valence-corrected chi connectivity index (χ3v) is 5.74. The Morgan fingerprint density at radius 3 is 2.73 bits per heavy atom. The molecule has 0 spiro atoms. The second kappa shape index (κ2) is 8.14. The maximum absolute atomic E-state index is 12.8. The molecule has 1 aliphatic heterocycles. The fraction of sp³-hybridized carbons (Fsp3) is 0.421. The van der Waals surface area contributed by atoms with Crippen LogP contribution in [0.4, 0.5) is 8.78 Å². The van der Waals surface area contributed by atoms with Crippen molar-refractivity contribution in [3.05, 3.63) is 51.7 Å². The molecule has 1 amide bonds. The van der Waals surface area contributed by atoms with E-state index in [2.05, 4.69) is 16.2 Å². The zero-order chi connectivity index (χ0) is 18.7. The molecule has 1 unspecified atom stereocenters. The molecule has 3 rings (SSSR count). The van der Waals surface area contributed by atoms with E-state index in [-0.39, 0.29) is 17.7 Å². The molecule has 0 fully saturated rings. The Bertz CT molecular complexity index is 748. The highest BCUT2D eigenvalue weighted by atomic mass is 32.1. The van der Waals surface area contributed by atoms with E-state index in [1.807, 2.05) is 23.8 Å². The number of alkyl halides is 2.